The molecule has 0 aliphatic rings. The molecule has 0 saturated heterocycles. The molecule has 12 heavy (non-hydrogen) atoms. The average Bonchev–Trinajstić information content (AvgIpc) is 2.02. The summed E-state index contributed by atoms with van der Waals surface area (Å²) in [5.41, 5.74) is 0. The molecule has 0 bridgehead atoms. The molecule has 1 N–H and O–H groups in total. The largest absolute Gasteiger partial charge is 0.338 e. The minimum absolute atomic E-state index is 0.0261. The van der Waals surface area contributed by atoms with Crippen molar-refractivity contribution in [3.05, 3.63) is 0 Å². The predicted molar refractivity (Wildman–Crippen MR) is 51.2 cm³/mol. The maximum Gasteiger partial charge on any atom is 0.317 e. The van der Waals surface area contributed by atoms with E-state index in [-0.39, 0.29) is 6.03 Å². The van der Waals surface area contributed by atoms with Gasteiger partial charge >= 0.3 is 6.03 Å². The quantitative estimate of drug-likeness (QED) is 0.687. The lowest BCUT2D eigenvalue weighted by atomic mass is 10.1. The maximum atomic E-state index is 11.2. The highest BCUT2D eigenvalue weighted by Gasteiger charge is 2.04. The van der Waals surface area contributed by atoms with Crippen molar-refractivity contribution in [1.82, 2.24) is 10.2 Å². The fraction of sp³-hybridized carbons (Fsp3) is 0.889. The van der Waals surface area contributed by atoms with Crippen LogP contribution in [0.25, 0.3) is 0 Å². The molecule has 0 saturated carbocycles. The van der Waals surface area contributed by atoms with E-state index in [4.69, 9.17) is 0 Å². The summed E-state index contributed by atoms with van der Waals surface area (Å²) < 4.78 is 0. The number of carbonyl (C=O) groups is 1. The van der Waals surface area contributed by atoms with Crippen molar-refractivity contribution in [2.24, 2.45) is 5.92 Å². The van der Waals surface area contributed by atoms with Gasteiger partial charge in [0, 0.05) is 20.1 Å². The zero-order valence-corrected chi connectivity index (χ0v) is 8.55. The van der Waals surface area contributed by atoms with E-state index in [2.05, 4.69) is 19.2 Å². The topological polar surface area (TPSA) is 32.3 Å². The Morgan fingerprint density at radius 1 is 1.50 bits per heavy atom. The SMILES string of the molecule is CCN(C)C(=O)NCCC(C)C. The van der Waals surface area contributed by atoms with Gasteiger partial charge in [-0.05, 0) is 19.3 Å². The second-order valence-corrected chi connectivity index (χ2v) is 3.43. The van der Waals surface area contributed by atoms with Crippen LogP contribution >= 0.6 is 0 Å². The third-order valence-corrected chi connectivity index (χ3v) is 1.82. The number of nitrogens with zero attached hydrogens (tertiary/aromatic N) is 1. The Balaban J connectivity index is 3.44. The van der Waals surface area contributed by atoms with Gasteiger partial charge in [-0.3, -0.25) is 0 Å². The van der Waals surface area contributed by atoms with Crippen LogP contribution in [0, 0.1) is 5.92 Å². The minimum Gasteiger partial charge on any atom is -0.338 e. The summed E-state index contributed by atoms with van der Waals surface area (Å²) in [5, 5.41) is 2.85. The predicted octanol–water partition coefficient (Wildman–Crippen LogP) is 1.69. The van der Waals surface area contributed by atoms with Crippen LogP contribution in [0.5, 0.6) is 0 Å². The van der Waals surface area contributed by atoms with Crippen molar-refractivity contribution in [3.8, 4) is 0 Å². The molecule has 0 aliphatic heterocycles. The third-order valence-electron chi connectivity index (χ3n) is 1.82. The molecule has 0 spiro atoms. The Hall–Kier alpha value is -0.730. The monoisotopic (exact) mass is 172 g/mol. The summed E-state index contributed by atoms with van der Waals surface area (Å²) in [5.74, 6) is 0.650. The summed E-state index contributed by atoms with van der Waals surface area (Å²) in [6.45, 7) is 7.79. The highest BCUT2D eigenvalue weighted by Crippen LogP contribution is 1.96. The lowest BCUT2D eigenvalue weighted by molar-refractivity contribution is 0.210. The zero-order chi connectivity index (χ0) is 9.56. The standard InChI is InChI=1S/C9H20N2O/c1-5-11(4)9(12)10-7-6-8(2)3/h8H,5-7H2,1-4H3,(H,10,12). The van der Waals surface area contributed by atoms with E-state index in [1.807, 2.05) is 6.92 Å². The molecule has 72 valence electrons. The zero-order valence-electron chi connectivity index (χ0n) is 8.55. The van der Waals surface area contributed by atoms with Crippen LogP contribution in [0.3, 0.4) is 0 Å². The van der Waals surface area contributed by atoms with E-state index >= 15 is 0 Å². The third kappa shape index (κ3) is 4.99. The van der Waals surface area contributed by atoms with E-state index in [9.17, 15) is 4.79 Å². The van der Waals surface area contributed by atoms with Crippen molar-refractivity contribution in [3.63, 3.8) is 0 Å². The van der Waals surface area contributed by atoms with Gasteiger partial charge in [-0.15, -0.1) is 0 Å². The van der Waals surface area contributed by atoms with E-state index in [1.54, 1.807) is 11.9 Å². The van der Waals surface area contributed by atoms with Gasteiger partial charge in [0.25, 0.3) is 0 Å². The molecule has 3 heteroatoms. The first kappa shape index (κ1) is 11.3. The fourth-order valence-electron chi connectivity index (χ4n) is 0.746. The Bertz CT molecular complexity index is 134. The summed E-state index contributed by atoms with van der Waals surface area (Å²) >= 11 is 0. The van der Waals surface area contributed by atoms with Crippen molar-refractivity contribution >= 4 is 6.03 Å². The van der Waals surface area contributed by atoms with Crippen molar-refractivity contribution < 1.29 is 4.79 Å². The van der Waals surface area contributed by atoms with Gasteiger partial charge in [0.15, 0.2) is 0 Å². The number of nitrogens with one attached hydrogen (secondary N) is 1. The first-order valence-corrected chi connectivity index (χ1v) is 4.56. The lowest BCUT2D eigenvalue weighted by Gasteiger charge is -2.15. The van der Waals surface area contributed by atoms with E-state index in [0.29, 0.717) is 5.92 Å². The Morgan fingerprint density at radius 3 is 2.50 bits per heavy atom. The highest BCUT2D eigenvalue weighted by molar-refractivity contribution is 5.73. The fourth-order valence-corrected chi connectivity index (χ4v) is 0.746. The Kier molecular flexibility index (Phi) is 5.51. The second-order valence-electron chi connectivity index (χ2n) is 3.43. The van der Waals surface area contributed by atoms with Crippen LogP contribution in [0.15, 0.2) is 0 Å². The minimum atomic E-state index is 0.0261. The molecule has 0 aromatic carbocycles. The van der Waals surface area contributed by atoms with Gasteiger partial charge in [0.2, 0.25) is 0 Å². The number of carbonyl (C=O) groups excluding carboxylic acids is 1. The molecular formula is C9H20N2O. The number of amides is 2. The normalized spacial score (nSPS) is 10.1. The van der Waals surface area contributed by atoms with Gasteiger partial charge in [-0.2, -0.15) is 0 Å². The molecule has 3 nitrogen and oxygen atoms in total. The first-order valence-electron chi connectivity index (χ1n) is 4.56. The van der Waals surface area contributed by atoms with Crippen LogP contribution in [-0.4, -0.2) is 31.1 Å². The van der Waals surface area contributed by atoms with Crippen molar-refractivity contribution in [2.45, 2.75) is 27.2 Å². The summed E-state index contributed by atoms with van der Waals surface area (Å²) in [6, 6.07) is 0.0261. The number of hydrogen-bond donors (Lipinski definition) is 1. The molecule has 0 atom stereocenters. The Morgan fingerprint density at radius 2 is 2.08 bits per heavy atom. The van der Waals surface area contributed by atoms with Gasteiger partial charge in [0.05, 0.1) is 0 Å². The molecule has 0 fully saturated rings. The molecule has 2 amide bonds. The molecule has 0 aromatic rings. The lowest BCUT2D eigenvalue weighted by Crippen LogP contribution is -2.37. The number of rotatable bonds is 4. The molecule has 0 radical (unpaired) electrons. The second kappa shape index (κ2) is 5.86. The van der Waals surface area contributed by atoms with Gasteiger partial charge in [-0.25, -0.2) is 4.79 Å². The average molecular weight is 172 g/mol. The van der Waals surface area contributed by atoms with Gasteiger partial charge < -0.3 is 10.2 Å². The number of hydrogen-bond acceptors (Lipinski definition) is 1. The first-order chi connectivity index (χ1) is 5.57. The van der Waals surface area contributed by atoms with E-state index in [0.717, 1.165) is 19.5 Å². The van der Waals surface area contributed by atoms with E-state index in [1.165, 1.54) is 0 Å². The summed E-state index contributed by atoms with van der Waals surface area (Å²) in [7, 11) is 1.80. The molecule has 0 aliphatic carbocycles. The molecule has 0 aromatic heterocycles. The van der Waals surface area contributed by atoms with Crippen LogP contribution < -0.4 is 5.32 Å². The molecular weight excluding hydrogens is 152 g/mol. The van der Waals surface area contributed by atoms with Crippen LogP contribution in [-0.2, 0) is 0 Å². The maximum absolute atomic E-state index is 11.2. The molecule has 0 heterocycles. The smallest absolute Gasteiger partial charge is 0.317 e. The van der Waals surface area contributed by atoms with Crippen LogP contribution in [0.1, 0.15) is 27.2 Å². The van der Waals surface area contributed by atoms with Crippen LogP contribution in [0.2, 0.25) is 0 Å². The molecule has 0 rings (SSSR count). The van der Waals surface area contributed by atoms with Gasteiger partial charge in [0.1, 0.15) is 0 Å². The Labute approximate surface area is 75.1 Å². The van der Waals surface area contributed by atoms with Gasteiger partial charge in [-0.1, -0.05) is 13.8 Å². The number of urea groups is 1. The highest BCUT2D eigenvalue weighted by atomic mass is 16.2. The molecule has 0 unspecified atom stereocenters. The van der Waals surface area contributed by atoms with E-state index < -0.39 is 0 Å². The summed E-state index contributed by atoms with van der Waals surface area (Å²) in [6.07, 6.45) is 1.04. The van der Waals surface area contributed by atoms with Crippen LogP contribution in [0.4, 0.5) is 4.79 Å². The van der Waals surface area contributed by atoms with Crippen molar-refractivity contribution in [2.75, 3.05) is 20.1 Å². The van der Waals surface area contributed by atoms with Crippen molar-refractivity contribution in [1.29, 1.82) is 0 Å². The summed E-state index contributed by atoms with van der Waals surface area (Å²) in [4.78, 5) is 12.8.